The Labute approximate surface area is 219 Å². The zero-order valence-electron chi connectivity index (χ0n) is 21.4. The second-order valence-electron chi connectivity index (χ2n) is 9.02. The highest BCUT2D eigenvalue weighted by molar-refractivity contribution is 5.95. The van der Waals surface area contributed by atoms with Crippen molar-refractivity contribution in [3.8, 4) is 5.75 Å². The molecule has 1 heterocycles. The van der Waals surface area contributed by atoms with Crippen molar-refractivity contribution < 1.29 is 33.9 Å². The molecule has 0 spiro atoms. The zero-order chi connectivity index (χ0) is 28.4. The molecule has 14 heteroatoms. The lowest BCUT2D eigenvalue weighted by molar-refractivity contribution is -0.140. The van der Waals surface area contributed by atoms with Gasteiger partial charge in [-0.3, -0.25) is 28.8 Å². The molecule has 1 saturated heterocycles. The van der Waals surface area contributed by atoms with E-state index in [9.17, 15) is 33.9 Å². The summed E-state index contributed by atoms with van der Waals surface area (Å²) in [6, 6.07) is 2.25. The van der Waals surface area contributed by atoms with Gasteiger partial charge in [0.2, 0.25) is 35.4 Å². The molecule has 1 aliphatic rings. The van der Waals surface area contributed by atoms with E-state index in [4.69, 9.17) is 11.5 Å². The van der Waals surface area contributed by atoms with E-state index in [1.807, 2.05) is 0 Å². The maximum absolute atomic E-state index is 12.9. The van der Waals surface area contributed by atoms with Crippen LogP contribution in [0, 0.1) is 0 Å². The number of primary amides is 1. The molecule has 6 amide bonds. The third-order valence-electron chi connectivity index (χ3n) is 6.03. The summed E-state index contributed by atoms with van der Waals surface area (Å²) in [6.07, 6.45) is 1.01. The van der Waals surface area contributed by atoms with Crippen molar-refractivity contribution in [3.63, 3.8) is 0 Å². The molecule has 4 atom stereocenters. The van der Waals surface area contributed by atoms with Gasteiger partial charge in [-0.1, -0.05) is 12.1 Å². The molecule has 0 bridgehead atoms. The first-order valence-electron chi connectivity index (χ1n) is 12.2. The Bertz CT molecular complexity index is 1050. The highest BCUT2D eigenvalue weighted by Gasteiger charge is 2.35. The first kappa shape index (κ1) is 30.0. The monoisotopic (exact) mass is 533 g/mol. The number of hydrogen-bond donors (Lipinski definition) is 7. The van der Waals surface area contributed by atoms with Crippen molar-refractivity contribution in [1.82, 2.24) is 26.2 Å². The van der Waals surface area contributed by atoms with Gasteiger partial charge >= 0.3 is 0 Å². The predicted octanol–water partition coefficient (Wildman–Crippen LogP) is -3.02. The first-order valence-corrected chi connectivity index (χ1v) is 12.2. The van der Waals surface area contributed by atoms with Gasteiger partial charge in [-0.25, -0.2) is 0 Å². The molecule has 0 saturated carbocycles. The van der Waals surface area contributed by atoms with Gasteiger partial charge in [-0.05, 0) is 44.4 Å². The number of nitrogens with two attached hydrogens (primary N) is 2. The van der Waals surface area contributed by atoms with Crippen LogP contribution >= 0.6 is 0 Å². The van der Waals surface area contributed by atoms with Crippen LogP contribution in [0.1, 0.15) is 32.3 Å². The zero-order valence-corrected chi connectivity index (χ0v) is 21.4. The molecule has 1 fully saturated rings. The van der Waals surface area contributed by atoms with Crippen molar-refractivity contribution in [1.29, 1.82) is 0 Å². The summed E-state index contributed by atoms with van der Waals surface area (Å²) in [5.74, 6) is -3.50. The Morgan fingerprint density at radius 1 is 1.00 bits per heavy atom. The summed E-state index contributed by atoms with van der Waals surface area (Å²) in [5.41, 5.74) is 11.3. The summed E-state index contributed by atoms with van der Waals surface area (Å²) in [6.45, 7) is 2.52. The van der Waals surface area contributed by atoms with E-state index in [1.54, 1.807) is 12.1 Å². The molecule has 1 aliphatic heterocycles. The van der Waals surface area contributed by atoms with Crippen molar-refractivity contribution in [2.75, 3.05) is 19.6 Å². The van der Waals surface area contributed by atoms with E-state index < -0.39 is 59.6 Å². The fourth-order valence-electron chi connectivity index (χ4n) is 3.88. The van der Waals surface area contributed by atoms with Crippen LogP contribution in [0.5, 0.6) is 5.75 Å². The molecule has 0 aromatic heterocycles. The molecule has 1 aromatic rings. The lowest BCUT2D eigenvalue weighted by Crippen LogP contribution is -2.56. The van der Waals surface area contributed by atoms with Gasteiger partial charge in [0, 0.05) is 13.0 Å². The second-order valence-corrected chi connectivity index (χ2v) is 9.02. The number of benzene rings is 1. The summed E-state index contributed by atoms with van der Waals surface area (Å²) < 4.78 is 0. The molecule has 2 rings (SSSR count). The minimum atomic E-state index is -1.04. The van der Waals surface area contributed by atoms with Crippen LogP contribution in [0.15, 0.2) is 24.3 Å². The molecular weight excluding hydrogens is 498 g/mol. The maximum atomic E-state index is 12.9. The van der Waals surface area contributed by atoms with E-state index in [0.29, 0.717) is 24.9 Å². The van der Waals surface area contributed by atoms with E-state index in [1.165, 1.54) is 30.9 Å². The van der Waals surface area contributed by atoms with Gasteiger partial charge in [0.25, 0.3) is 0 Å². The fourth-order valence-corrected chi connectivity index (χ4v) is 3.88. The topological polar surface area (TPSA) is 226 Å². The number of aromatic hydroxyl groups is 1. The quantitative estimate of drug-likeness (QED) is 0.146. The molecule has 0 unspecified atom stereocenters. The smallest absolute Gasteiger partial charge is 0.243 e. The standard InChI is InChI=1S/C24H35N7O7/c1-13(28-19(33)11-25)22(36)27-12-20(34)31-9-3-4-18(31)24(38)29-14(2)23(37)30-17(21(26)35)10-15-5-7-16(32)8-6-15/h5-8,13-14,17-18,32H,3-4,9-12,25H2,1-2H3,(H2,26,35)(H,27,36)(H,28,33)(H,29,38)(H,30,37)/t13-,14-,17-,18+/m0/s1. The van der Waals surface area contributed by atoms with Crippen LogP contribution in [-0.4, -0.2) is 89.3 Å². The van der Waals surface area contributed by atoms with E-state index in [0.717, 1.165) is 0 Å². The van der Waals surface area contributed by atoms with Crippen molar-refractivity contribution in [2.24, 2.45) is 11.5 Å². The van der Waals surface area contributed by atoms with Gasteiger partial charge < -0.3 is 42.7 Å². The number of nitrogens with one attached hydrogen (secondary N) is 4. The number of carbonyl (C=O) groups is 6. The number of likely N-dealkylation sites (tertiary alicyclic amines) is 1. The van der Waals surface area contributed by atoms with Crippen molar-refractivity contribution >= 4 is 35.4 Å². The SMILES string of the molecule is C[C@H](NC(=O)CN)C(=O)NCC(=O)N1CCC[C@@H]1C(=O)N[C@@H](C)C(=O)N[C@@H](Cc1ccc(O)cc1)C(N)=O. The number of carbonyl (C=O) groups excluding carboxylic acids is 6. The van der Waals surface area contributed by atoms with E-state index in [2.05, 4.69) is 21.3 Å². The second kappa shape index (κ2) is 13.9. The van der Waals surface area contributed by atoms with Crippen LogP contribution in [0.3, 0.4) is 0 Å². The van der Waals surface area contributed by atoms with Gasteiger partial charge in [-0.15, -0.1) is 0 Å². The highest BCUT2D eigenvalue weighted by Crippen LogP contribution is 2.18. The highest BCUT2D eigenvalue weighted by atomic mass is 16.3. The van der Waals surface area contributed by atoms with Gasteiger partial charge in [0.05, 0.1) is 13.1 Å². The summed E-state index contributed by atoms with van der Waals surface area (Å²) in [4.78, 5) is 74.8. The minimum Gasteiger partial charge on any atom is -0.508 e. The van der Waals surface area contributed by atoms with E-state index >= 15 is 0 Å². The van der Waals surface area contributed by atoms with Gasteiger partial charge in [0.15, 0.2) is 0 Å². The first-order chi connectivity index (χ1) is 17.9. The Kier molecular flexibility index (Phi) is 11.0. The molecule has 0 aliphatic carbocycles. The molecule has 1 aromatic carbocycles. The molecule has 0 radical (unpaired) electrons. The average molecular weight is 534 g/mol. The third kappa shape index (κ3) is 8.73. The van der Waals surface area contributed by atoms with Crippen molar-refractivity contribution in [3.05, 3.63) is 29.8 Å². The molecule has 9 N–H and O–H groups in total. The van der Waals surface area contributed by atoms with Crippen LogP contribution in [0.2, 0.25) is 0 Å². The molecular formula is C24H35N7O7. The Balaban J connectivity index is 1.90. The normalized spacial score (nSPS) is 17.0. The van der Waals surface area contributed by atoms with Crippen LogP contribution in [0.4, 0.5) is 0 Å². The van der Waals surface area contributed by atoms with Gasteiger partial charge in [0.1, 0.15) is 29.9 Å². The lowest BCUT2D eigenvalue weighted by atomic mass is 10.0. The predicted molar refractivity (Wildman–Crippen MR) is 135 cm³/mol. The number of amides is 6. The fraction of sp³-hybridized carbons (Fsp3) is 0.500. The van der Waals surface area contributed by atoms with Crippen LogP contribution < -0.4 is 32.7 Å². The number of hydrogen-bond acceptors (Lipinski definition) is 8. The minimum absolute atomic E-state index is 0.0529. The Morgan fingerprint density at radius 3 is 2.24 bits per heavy atom. The van der Waals surface area contributed by atoms with E-state index in [-0.39, 0.29) is 25.3 Å². The molecule has 14 nitrogen and oxygen atoms in total. The Hall–Kier alpha value is -4.20. The van der Waals surface area contributed by atoms with Crippen molar-refractivity contribution in [2.45, 2.75) is 57.3 Å². The average Bonchev–Trinajstić information content (AvgIpc) is 3.37. The lowest BCUT2D eigenvalue weighted by Gasteiger charge is -2.26. The maximum Gasteiger partial charge on any atom is 0.243 e. The van der Waals surface area contributed by atoms with Crippen LogP contribution in [-0.2, 0) is 35.2 Å². The number of rotatable bonds is 12. The summed E-state index contributed by atoms with van der Waals surface area (Å²) in [7, 11) is 0. The Morgan fingerprint density at radius 2 is 1.63 bits per heavy atom. The molecule has 208 valence electrons. The number of phenolic OH excluding ortho intramolecular Hbond substituents is 1. The largest absolute Gasteiger partial charge is 0.508 e. The number of nitrogens with zero attached hydrogens (tertiary/aromatic N) is 1. The molecule has 38 heavy (non-hydrogen) atoms. The number of phenols is 1. The summed E-state index contributed by atoms with van der Waals surface area (Å²) >= 11 is 0. The van der Waals surface area contributed by atoms with Gasteiger partial charge in [-0.2, -0.15) is 0 Å². The van der Waals surface area contributed by atoms with Crippen LogP contribution in [0.25, 0.3) is 0 Å². The summed E-state index contributed by atoms with van der Waals surface area (Å²) in [5, 5.41) is 19.3. The third-order valence-corrected chi connectivity index (χ3v) is 6.03.